The third-order valence-corrected chi connectivity index (χ3v) is 2.76. The molecule has 0 aromatic carbocycles. The summed E-state index contributed by atoms with van der Waals surface area (Å²) in [6.45, 7) is 6.60. The molecule has 2 unspecified atom stereocenters. The summed E-state index contributed by atoms with van der Waals surface area (Å²) in [4.78, 5) is 9.63. The highest BCUT2D eigenvalue weighted by Crippen LogP contribution is 2.29. The van der Waals surface area contributed by atoms with Gasteiger partial charge in [0, 0.05) is 0 Å². The molecule has 1 heteroatoms. The first kappa shape index (κ1) is 8.76. The molecule has 0 spiro atoms. The lowest BCUT2D eigenvalue weighted by atomic mass is 9.77. The predicted molar refractivity (Wildman–Crippen MR) is 48.3 cm³/mol. The average molecular weight is 155 g/mol. The lowest BCUT2D eigenvalue weighted by Gasteiger charge is -2.23. The van der Waals surface area contributed by atoms with Crippen LogP contribution in [-0.4, -0.2) is 10.6 Å². The first-order valence-electron chi connectivity index (χ1n) is 4.66. The van der Waals surface area contributed by atoms with Crippen LogP contribution in [0.5, 0.6) is 0 Å². The topological polar surface area (TPSA) is 21.4 Å². The molecule has 0 aliphatic heterocycles. The molecule has 0 aromatic rings. The minimum atomic E-state index is 0.478. The van der Waals surface area contributed by atoms with Gasteiger partial charge in [0.1, 0.15) is 0 Å². The van der Waals surface area contributed by atoms with Gasteiger partial charge in [-0.2, -0.15) is 0 Å². The number of hydrogen-bond donors (Lipinski definition) is 0. The molecule has 0 saturated heterocycles. The van der Waals surface area contributed by atoms with E-state index in [9.17, 15) is 4.79 Å². The molecular formula is C10H19O+. The summed E-state index contributed by atoms with van der Waals surface area (Å²) in [5.41, 5.74) is 0. The molecule has 1 fully saturated rings. The SMILES string of the molecule is CC1CCC(C(C)C)C(=[OH+])C1. The molecular weight excluding hydrogens is 136 g/mol. The van der Waals surface area contributed by atoms with E-state index < -0.39 is 0 Å². The van der Waals surface area contributed by atoms with Crippen molar-refractivity contribution in [2.24, 2.45) is 17.8 Å². The van der Waals surface area contributed by atoms with E-state index in [0.717, 1.165) is 12.2 Å². The number of rotatable bonds is 1. The zero-order valence-electron chi connectivity index (χ0n) is 7.80. The van der Waals surface area contributed by atoms with Crippen LogP contribution in [0.25, 0.3) is 0 Å². The van der Waals surface area contributed by atoms with Gasteiger partial charge >= 0.3 is 0 Å². The highest BCUT2D eigenvalue weighted by Gasteiger charge is 2.32. The standard InChI is InChI=1S/C10H18O/c1-7(2)9-5-4-8(3)6-10(9)11/h7-9H,4-6H2,1-3H3/p+1. The van der Waals surface area contributed by atoms with Gasteiger partial charge in [0.05, 0.1) is 12.3 Å². The average Bonchev–Trinajstić information content (AvgIpc) is 1.85. The smallest absolute Gasteiger partial charge is 0.283 e. The Hall–Kier alpha value is -0.330. The van der Waals surface area contributed by atoms with Crippen molar-refractivity contribution >= 4 is 5.78 Å². The molecule has 1 nitrogen and oxygen atoms in total. The van der Waals surface area contributed by atoms with E-state index in [4.69, 9.17) is 0 Å². The summed E-state index contributed by atoms with van der Waals surface area (Å²) >= 11 is 0. The van der Waals surface area contributed by atoms with Crippen LogP contribution in [0.2, 0.25) is 0 Å². The summed E-state index contributed by atoms with van der Waals surface area (Å²) in [5, 5.41) is 0. The summed E-state index contributed by atoms with van der Waals surface area (Å²) in [6.07, 6.45) is 3.40. The van der Waals surface area contributed by atoms with Crippen LogP contribution in [-0.2, 0) is 0 Å². The van der Waals surface area contributed by atoms with Crippen molar-refractivity contribution in [2.75, 3.05) is 0 Å². The molecule has 0 amide bonds. The summed E-state index contributed by atoms with van der Waals surface area (Å²) in [7, 11) is 0. The summed E-state index contributed by atoms with van der Waals surface area (Å²) in [5.74, 6) is 2.54. The largest absolute Gasteiger partial charge is 0.296 e. The highest BCUT2D eigenvalue weighted by atomic mass is 16.1. The Balaban J connectivity index is 2.51. The predicted octanol–water partition coefficient (Wildman–Crippen LogP) is 2.62. The van der Waals surface area contributed by atoms with Crippen molar-refractivity contribution < 1.29 is 4.79 Å². The molecule has 1 rings (SSSR count). The maximum absolute atomic E-state index is 9.63. The van der Waals surface area contributed by atoms with Crippen LogP contribution >= 0.6 is 0 Å². The number of hydrogen-bond acceptors (Lipinski definition) is 0. The Morgan fingerprint density at radius 1 is 1.36 bits per heavy atom. The van der Waals surface area contributed by atoms with Crippen molar-refractivity contribution in [3.63, 3.8) is 0 Å². The second kappa shape index (κ2) is 3.38. The number of ketones is 1. The molecule has 1 aliphatic rings. The van der Waals surface area contributed by atoms with Crippen LogP contribution in [0.3, 0.4) is 0 Å². The zero-order valence-corrected chi connectivity index (χ0v) is 7.80. The van der Waals surface area contributed by atoms with E-state index in [0.29, 0.717) is 17.8 Å². The fourth-order valence-electron chi connectivity index (χ4n) is 1.96. The van der Waals surface area contributed by atoms with Crippen molar-refractivity contribution in [1.29, 1.82) is 0 Å². The zero-order chi connectivity index (χ0) is 8.43. The molecule has 0 radical (unpaired) electrons. The van der Waals surface area contributed by atoms with E-state index in [-0.39, 0.29) is 0 Å². The fourth-order valence-corrected chi connectivity index (χ4v) is 1.96. The Morgan fingerprint density at radius 3 is 2.45 bits per heavy atom. The monoisotopic (exact) mass is 155 g/mol. The van der Waals surface area contributed by atoms with E-state index in [2.05, 4.69) is 20.8 Å². The fraction of sp³-hybridized carbons (Fsp3) is 0.900. The van der Waals surface area contributed by atoms with Gasteiger partial charge < -0.3 is 0 Å². The molecule has 0 aromatic heterocycles. The first-order chi connectivity index (χ1) is 5.11. The molecule has 11 heavy (non-hydrogen) atoms. The second-order valence-corrected chi connectivity index (χ2v) is 4.23. The van der Waals surface area contributed by atoms with Crippen LogP contribution < -0.4 is 0 Å². The molecule has 1 N–H and O–H groups in total. The third kappa shape index (κ3) is 2.05. The molecule has 1 saturated carbocycles. The first-order valence-corrected chi connectivity index (χ1v) is 4.66. The Bertz CT molecular complexity index is 149. The van der Waals surface area contributed by atoms with Gasteiger partial charge in [-0.15, -0.1) is 0 Å². The Labute approximate surface area is 69.2 Å². The van der Waals surface area contributed by atoms with E-state index in [1.54, 1.807) is 0 Å². The van der Waals surface area contributed by atoms with Gasteiger partial charge in [0.15, 0.2) is 0 Å². The minimum absolute atomic E-state index is 0.478. The number of carbonyl (C=O) groups excluding carboxylic acids is 1. The molecule has 2 atom stereocenters. The van der Waals surface area contributed by atoms with Gasteiger partial charge in [0.2, 0.25) is 0 Å². The van der Waals surface area contributed by atoms with Crippen LogP contribution in [0.4, 0.5) is 0 Å². The maximum atomic E-state index is 9.63. The quantitative estimate of drug-likeness (QED) is 0.519. The van der Waals surface area contributed by atoms with Crippen molar-refractivity contribution in [3.05, 3.63) is 0 Å². The third-order valence-electron chi connectivity index (χ3n) is 2.76. The lowest BCUT2D eigenvalue weighted by molar-refractivity contribution is 0.340. The van der Waals surface area contributed by atoms with E-state index in [1.165, 1.54) is 12.8 Å². The second-order valence-electron chi connectivity index (χ2n) is 4.23. The Kier molecular flexibility index (Phi) is 2.69. The molecule has 1 aliphatic carbocycles. The van der Waals surface area contributed by atoms with Gasteiger partial charge in [-0.05, 0) is 24.7 Å². The van der Waals surface area contributed by atoms with E-state index in [1.807, 2.05) is 0 Å². The van der Waals surface area contributed by atoms with Gasteiger partial charge in [0.25, 0.3) is 5.78 Å². The van der Waals surface area contributed by atoms with Crippen molar-refractivity contribution in [3.8, 4) is 0 Å². The van der Waals surface area contributed by atoms with Gasteiger partial charge in [-0.25, -0.2) is 0 Å². The molecule has 64 valence electrons. The minimum Gasteiger partial charge on any atom is -0.283 e. The lowest BCUT2D eigenvalue weighted by Crippen LogP contribution is -2.27. The summed E-state index contributed by atoms with van der Waals surface area (Å²) in [6, 6.07) is 0. The summed E-state index contributed by atoms with van der Waals surface area (Å²) < 4.78 is 0. The van der Waals surface area contributed by atoms with Crippen LogP contribution in [0, 0.1) is 17.8 Å². The normalized spacial score (nSPS) is 32.9. The van der Waals surface area contributed by atoms with Crippen LogP contribution in [0.1, 0.15) is 40.0 Å². The highest BCUT2D eigenvalue weighted by molar-refractivity contribution is 5.83. The van der Waals surface area contributed by atoms with Crippen molar-refractivity contribution in [1.82, 2.24) is 0 Å². The maximum Gasteiger partial charge on any atom is 0.296 e. The van der Waals surface area contributed by atoms with Gasteiger partial charge in [-0.3, -0.25) is 4.79 Å². The molecule has 0 bridgehead atoms. The molecule has 0 heterocycles. The van der Waals surface area contributed by atoms with E-state index >= 15 is 0 Å². The Morgan fingerprint density at radius 2 is 2.00 bits per heavy atom. The van der Waals surface area contributed by atoms with Gasteiger partial charge in [-0.1, -0.05) is 20.8 Å². The van der Waals surface area contributed by atoms with Crippen molar-refractivity contribution in [2.45, 2.75) is 40.0 Å². The van der Waals surface area contributed by atoms with Crippen LogP contribution in [0.15, 0.2) is 0 Å².